The van der Waals surface area contributed by atoms with Gasteiger partial charge in [-0.15, -0.1) is 0 Å². The largest absolute Gasteiger partial charge is 0.368 e. The van der Waals surface area contributed by atoms with Gasteiger partial charge >= 0.3 is 0 Å². The molecule has 1 aromatic heterocycles. The van der Waals surface area contributed by atoms with Crippen molar-refractivity contribution in [2.75, 3.05) is 0 Å². The van der Waals surface area contributed by atoms with E-state index in [0.717, 1.165) is 0 Å². The number of nitrogens with two attached hydrogens (primary N) is 1. The summed E-state index contributed by atoms with van der Waals surface area (Å²) in [5, 5.41) is 3.47. The maximum atomic E-state index is 12.3. The van der Waals surface area contributed by atoms with Gasteiger partial charge in [0, 0.05) is 5.39 Å². The van der Waals surface area contributed by atoms with E-state index in [4.69, 9.17) is 17.3 Å². The first kappa shape index (κ1) is 14.3. The highest BCUT2D eigenvalue weighted by atomic mass is 35.5. The Balaban J connectivity index is 2.47. The zero-order valence-corrected chi connectivity index (χ0v) is 11.9. The van der Waals surface area contributed by atoms with Crippen LogP contribution in [0, 0.1) is 0 Å². The van der Waals surface area contributed by atoms with Gasteiger partial charge in [0.2, 0.25) is 5.91 Å². The number of pyridine rings is 1. The first-order valence-corrected chi connectivity index (χ1v) is 6.37. The second-order valence-corrected chi connectivity index (χ2v) is 5.34. The van der Waals surface area contributed by atoms with E-state index in [2.05, 4.69) is 10.3 Å². The van der Waals surface area contributed by atoms with Gasteiger partial charge in [0.1, 0.15) is 10.7 Å². The fraction of sp³-hybridized carbons (Fsp3) is 0.214. The van der Waals surface area contributed by atoms with Crippen LogP contribution in [0.4, 0.5) is 0 Å². The molecule has 0 saturated heterocycles. The molecule has 2 amide bonds. The molecule has 0 atom stereocenters. The maximum Gasteiger partial charge on any atom is 0.252 e. The zero-order chi connectivity index (χ0) is 14.9. The van der Waals surface area contributed by atoms with Crippen molar-refractivity contribution in [3.8, 4) is 0 Å². The van der Waals surface area contributed by atoms with Crippen molar-refractivity contribution >= 4 is 34.3 Å². The van der Waals surface area contributed by atoms with E-state index in [1.165, 1.54) is 19.9 Å². The number of halogens is 1. The predicted molar refractivity (Wildman–Crippen MR) is 77.5 cm³/mol. The minimum absolute atomic E-state index is 0.214. The molecule has 0 fully saturated rings. The molecule has 0 spiro atoms. The molecule has 0 unspecified atom stereocenters. The molecular weight excluding hydrogens is 278 g/mol. The number of benzene rings is 1. The number of fused-ring (bicyclic) bond motifs is 1. The van der Waals surface area contributed by atoms with Gasteiger partial charge in [0.15, 0.2) is 0 Å². The second kappa shape index (κ2) is 5.09. The van der Waals surface area contributed by atoms with E-state index >= 15 is 0 Å². The summed E-state index contributed by atoms with van der Waals surface area (Å²) in [5.74, 6) is -1.04. The number of hydrogen-bond acceptors (Lipinski definition) is 3. The van der Waals surface area contributed by atoms with E-state index in [1.807, 2.05) is 0 Å². The molecule has 2 rings (SSSR count). The van der Waals surface area contributed by atoms with Crippen LogP contribution in [0.1, 0.15) is 24.2 Å². The number of nitrogens with zero attached hydrogens (tertiary/aromatic N) is 1. The van der Waals surface area contributed by atoms with Crippen LogP contribution >= 0.6 is 11.6 Å². The Kier molecular flexibility index (Phi) is 3.63. The van der Waals surface area contributed by atoms with Crippen LogP contribution in [-0.4, -0.2) is 22.3 Å². The lowest BCUT2D eigenvalue weighted by atomic mass is 10.0. The summed E-state index contributed by atoms with van der Waals surface area (Å²) in [4.78, 5) is 27.8. The Hall–Kier alpha value is -2.14. The molecular formula is C14H14ClN3O2. The smallest absolute Gasteiger partial charge is 0.252 e. The molecule has 0 saturated carbocycles. The number of para-hydroxylation sites is 1. The standard InChI is InChI=1S/C14H14ClN3O2/c1-14(2,13(16)20)18-12(19)9-7-11(15)17-10-6-4-3-5-8(9)10/h3-7H,1-2H3,(H2,16,20)(H,18,19). The number of carbonyl (C=O) groups excluding carboxylic acids is 2. The number of nitrogens with one attached hydrogen (secondary N) is 1. The van der Waals surface area contributed by atoms with Gasteiger partial charge in [0.25, 0.3) is 5.91 Å². The van der Waals surface area contributed by atoms with Crippen molar-refractivity contribution in [1.82, 2.24) is 10.3 Å². The number of amides is 2. The molecule has 0 radical (unpaired) electrons. The highest BCUT2D eigenvalue weighted by molar-refractivity contribution is 6.30. The van der Waals surface area contributed by atoms with E-state index in [1.54, 1.807) is 24.3 Å². The molecule has 0 aliphatic carbocycles. The molecule has 6 heteroatoms. The van der Waals surface area contributed by atoms with Crippen LogP contribution in [0.2, 0.25) is 5.15 Å². The van der Waals surface area contributed by atoms with Crippen molar-refractivity contribution in [3.63, 3.8) is 0 Å². The fourth-order valence-electron chi connectivity index (χ4n) is 1.74. The molecule has 3 N–H and O–H groups in total. The first-order valence-electron chi connectivity index (χ1n) is 5.99. The SMILES string of the molecule is CC(C)(NC(=O)c1cc(Cl)nc2ccccc12)C(N)=O. The Morgan fingerprint density at radius 3 is 2.60 bits per heavy atom. The average molecular weight is 292 g/mol. The van der Waals surface area contributed by atoms with Crippen molar-refractivity contribution in [3.05, 3.63) is 41.0 Å². The van der Waals surface area contributed by atoms with Crippen molar-refractivity contribution in [1.29, 1.82) is 0 Å². The summed E-state index contributed by atoms with van der Waals surface area (Å²) in [5.41, 5.74) is 5.07. The number of rotatable bonds is 3. The van der Waals surface area contributed by atoms with E-state index in [9.17, 15) is 9.59 Å². The van der Waals surface area contributed by atoms with Crippen molar-refractivity contribution in [2.45, 2.75) is 19.4 Å². The maximum absolute atomic E-state index is 12.3. The molecule has 0 aliphatic heterocycles. The lowest BCUT2D eigenvalue weighted by Crippen LogP contribution is -2.53. The van der Waals surface area contributed by atoms with Crippen LogP contribution in [0.25, 0.3) is 10.9 Å². The van der Waals surface area contributed by atoms with Gasteiger partial charge < -0.3 is 11.1 Å². The summed E-state index contributed by atoms with van der Waals surface area (Å²) >= 11 is 5.92. The molecule has 1 heterocycles. The molecule has 1 aromatic carbocycles. The summed E-state index contributed by atoms with van der Waals surface area (Å²) in [6.07, 6.45) is 0. The first-order chi connectivity index (χ1) is 9.31. The van der Waals surface area contributed by atoms with Gasteiger partial charge in [-0.25, -0.2) is 4.98 Å². The van der Waals surface area contributed by atoms with Crippen LogP contribution in [0.15, 0.2) is 30.3 Å². The minimum Gasteiger partial charge on any atom is -0.368 e. The van der Waals surface area contributed by atoms with Crippen molar-refractivity contribution < 1.29 is 9.59 Å². The van der Waals surface area contributed by atoms with E-state index in [0.29, 0.717) is 16.5 Å². The van der Waals surface area contributed by atoms with Crippen LogP contribution in [0.3, 0.4) is 0 Å². The topological polar surface area (TPSA) is 85.1 Å². The zero-order valence-electron chi connectivity index (χ0n) is 11.1. The summed E-state index contributed by atoms with van der Waals surface area (Å²) in [7, 11) is 0. The van der Waals surface area contributed by atoms with Gasteiger partial charge in [-0.2, -0.15) is 0 Å². The third kappa shape index (κ3) is 2.72. The molecule has 0 bridgehead atoms. The number of aromatic nitrogens is 1. The van der Waals surface area contributed by atoms with Crippen LogP contribution in [0.5, 0.6) is 0 Å². The average Bonchev–Trinajstić information content (AvgIpc) is 2.36. The van der Waals surface area contributed by atoms with Gasteiger partial charge in [0.05, 0.1) is 11.1 Å². The van der Waals surface area contributed by atoms with Gasteiger partial charge in [-0.3, -0.25) is 9.59 Å². The molecule has 0 aliphatic rings. The third-order valence-electron chi connectivity index (χ3n) is 2.97. The summed E-state index contributed by atoms with van der Waals surface area (Å²) < 4.78 is 0. The summed E-state index contributed by atoms with van der Waals surface area (Å²) in [6, 6.07) is 8.60. The van der Waals surface area contributed by atoms with Crippen LogP contribution in [-0.2, 0) is 4.79 Å². The second-order valence-electron chi connectivity index (χ2n) is 4.95. The summed E-state index contributed by atoms with van der Waals surface area (Å²) in [6.45, 7) is 3.08. The third-order valence-corrected chi connectivity index (χ3v) is 3.17. The monoisotopic (exact) mass is 291 g/mol. The Bertz CT molecular complexity index is 698. The predicted octanol–water partition coefficient (Wildman–Crippen LogP) is 1.88. The molecule has 104 valence electrons. The number of primary amides is 1. The molecule has 2 aromatic rings. The van der Waals surface area contributed by atoms with Crippen molar-refractivity contribution in [2.24, 2.45) is 5.73 Å². The van der Waals surface area contributed by atoms with Crippen LogP contribution < -0.4 is 11.1 Å². The Morgan fingerprint density at radius 2 is 1.95 bits per heavy atom. The number of hydrogen-bond donors (Lipinski definition) is 2. The van der Waals surface area contributed by atoms with E-state index < -0.39 is 17.4 Å². The Labute approximate surface area is 121 Å². The Morgan fingerprint density at radius 1 is 1.30 bits per heavy atom. The van der Waals surface area contributed by atoms with Gasteiger partial charge in [-0.05, 0) is 26.0 Å². The quantitative estimate of drug-likeness (QED) is 0.847. The lowest BCUT2D eigenvalue weighted by Gasteiger charge is -2.22. The fourth-order valence-corrected chi connectivity index (χ4v) is 1.94. The normalized spacial score (nSPS) is 11.3. The molecule has 20 heavy (non-hydrogen) atoms. The lowest BCUT2D eigenvalue weighted by molar-refractivity contribution is -0.122. The minimum atomic E-state index is -1.14. The van der Waals surface area contributed by atoms with Gasteiger partial charge in [-0.1, -0.05) is 29.8 Å². The van der Waals surface area contributed by atoms with E-state index in [-0.39, 0.29) is 5.15 Å². The number of carbonyl (C=O) groups is 2. The highest BCUT2D eigenvalue weighted by Crippen LogP contribution is 2.21. The molecule has 5 nitrogen and oxygen atoms in total. The highest BCUT2D eigenvalue weighted by Gasteiger charge is 2.28.